The number of aliphatic hydroxyl groups is 1. The minimum absolute atomic E-state index is 0.0439. The van der Waals surface area contributed by atoms with E-state index in [2.05, 4.69) is 29.5 Å². The molecule has 36 heavy (non-hydrogen) atoms. The molecule has 0 aromatic heterocycles. The molecule has 2 unspecified atom stereocenters. The first kappa shape index (κ1) is 25.1. The summed E-state index contributed by atoms with van der Waals surface area (Å²) < 4.78 is 0. The van der Waals surface area contributed by atoms with Crippen LogP contribution < -0.4 is 5.32 Å². The third-order valence-corrected chi connectivity index (χ3v) is 6.51. The fourth-order valence-electron chi connectivity index (χ4n) is 4.58. The van der Waals surface area contributed by atoms with Crippen molar-refractivity contribution in [2.24, 2.45) is 5.16 Å². The van der Waals surface area contributed by atoms with Crippen molar-refractivity contribution in [3.63, 3.8) is 0 Å². The Morgan fingerprint density at radius 1 is 1.06 bits per heavy atom. The zero-order chi connectivity index (χ0) is 25.7. The topological polar surface area (TPSA) is 91.2 Å². The predicted molar refractivity (Wildman–Crippen MR) is 140 cm³/mol. The summed E-state index contributed by atoms with van der Waals surface area (Å²) in [6, 6.07) is 22.3. The predicted octanol–water partition coefficient (Wildman–Crippen LogP) is 4.04. The number of likely N-dealkylation sites (tertiary alicyclic amines) is 1. The molecule has 1 saturated heterocycles. The minimum Gasteiger partial charge on any atom is -0.399 e. The van der Waals surface area contributed by atoms with Crippen LogP contribution in [0.2, 0.25) is 0 Å². The summed E-state index contributed by atoms with van der Waals surface area (Å²) in [7, 11) is 1.44. The van der Waals surface area contributed by atoms with Crippen molar-refractivity contribution in [3.05, 3.63) is 95.1 Å². The number of oxime groups is 1. The van der Waals surface area contributed by atoms with Crippen molar-refractivity contribution in [1.82, 2.24) is 10.2 Å². The van der Waals surface area contributed by atoms with Crippen LogP contribution in [0.3, 0.4) is 0 Å². The van der Waals surface area contributed by atoms with Crippen LogP contribution in [0.5, 0.6) is 0 Å². The maximum absolute atomic E-state index is 13.6. The summed E-state index contributed by atoms with van der Waals surface area (Å²) in [4.78, 5) is 33.2. The van der Waals surface area contributed by atoms with Crippen LogP contribution in [-0.2, 0) is 9.63 Å². The van der Waals surface area contributed by atoms with Crippen molar-refractivity contribution in [2.75, 3.05) is 20.2 Å². The standard InChI is InChI=1S/C29H31N3O4/c1-19-9-7-8-12-24(19)22-13-14-25(20(2)15-22)29(35)32-18-23(31-36-3)16-26(32)28(34)30-17-27(33)21-10-5-4-6-11-21/h4-15,26-27,33H,16-18H2,1-3H3,(H,30,34). The van der Waals surface area contributed by atoms with Gasteiger partial charge in [-0.2, -0.15) is 0 Å². The first-order valence-corrected chi connectivity index (χ1v) is 12.0. The molecule has 0 spiro atoms. The SMILES string of the molecule is CON=C1CC(C(=O)NCC(O)c2ccccc2)N(C(=O)c2ccc(-c3ccccc3C)cc2C)C1. The molecule has 0 aliphatic carbocycles. The number of amides is 2. The highest BCUT2D eigenvalue weighted by Gasteiger charge is 2.39. The van der Waals surface area contributed by atoms with E-state index in [0.717, 1.165) is 22.3 Å². The van der Waals surface area contributed by atoms with Crippen LogP contribution in [0.4, 0.5) is 0 Å². The van der Waals surface area contributed by atoms with Crippen LogP contribution in [0, 0.1) is 13.8 Å². The fourth-order valence-corrected chi connectivity index (χ4v) is 4.58. The second-order valence-corrected chi connectivity index (χ2v) is 9.01. The second-order valence-electron chi connectivity index (χ2n) is 9.01. The number of aliphatic hydroxyl groups excluding tert-OH is 1. The van der Waals surface area contributed by atoms with Gasteiger partial charge in [-0.05, 0) is 47.7 Å². The number of carbonyl (C=O) groups excluding carboxylic acids is 2. The van der Waals surface area contributed by atoms with Gasteiger partial charge < -0.3 is 20.2 Å². The lowest BCUT2D eigenvalue weighted by atomic mass is 9.96. The molecule has 2 atom stereocenters. The van der Waals surface area contributed by atoms with Crippen molar-refractivity contribution >= 4 is 17.5 Å². The molecule has 2 amide bonds. The summed E-state index contributed by atoms with van der Waals surface area (Å²) in [6.45, 7) is 4.20. The van der Waals surface area contributed by atoms with E-state index in [9.17, 15) is 14.7 Å². The van der Waals surface area contributed by atoms with Gasteiger partial charge in [0, 0.05) is 18.5 Å². The Labute approximate surface area is 211 Å². The highest BCUT2D eigenvalue weighted by molar-refractivity contribution is 6.06. The van der Waals surface area contributed by atoms with E-state index in [4.69, 9.17) is 4.84 Å². The van der Waals surface area contributed by atoms with Crippen LogP contribution in [0.25, 0.3) is 11.1 Å². The third-order valence-electron chi connectivity index (χ3n) is 6.51. The Bertz CT molecular complexity index is 1270. The van der Waals surface area contributed by atoms with Gasteiger partial charge in [-0.3, -0.25) is 9.59 Å². The molecular weight excluding hydrogens is 454 g/mol. The summed E-state index contributed by atoms with van der Waals surface area (Å²) in [5, 5.41) is 17.2. The Morgan fingerprint density at radius 2 is 1.78 bits per heavy atom. The monoisotopic (exact) mass is 485 g/mol. The van der Waals surface area contributed by atoms with Crippen molar-refractivity contribution in [3.8, 4) is 11.1 Å². The molecule has 0 radical (unpaired) electrons. The molecule has 3 aromatic carbocycles. The molecule has 1 heterocycles. The molecule has 4 rings (SSSR count). The van der Waals surface area contributed by atoms with Gasteiger partial charge in [0.15, 0.2) is 0 Å². The van der Waals surface area contributed by atoms with Crippen LogP contribution in [0.1, 0.15) is 39.6 Å². The number of rotatable bonds is 7. The normalized spacial score (nSPS) is 17.2. The molecule has 7 heteroatoms. The molecule has 2 N–H and O–H groups in total. The summed E-state index contributed by atoms with van der Waals surface area (Å²) >= 11 is 0. The van der Waals surface area contributed by atoms with Gasteiger partial charge in [0.2, 0.25) is 5.91 Å². The molecule has 0 bridgehead atoms. The lowest BCUT2D eigenvalue weighted by Gasteiger charge is -2.25. The van der Waals surface area contributed by atoms with Crippen LogP contribution >= 0.6 is 0 Å². The van der Waals surface area contributed by atoms with Crippen LogP contribution in [-0.4, -0.2) is 53.8 Å². The average Bonchev–Trinajstić information content (AvgIpc) is 3.32. The van der Waals surface area contributed by atoms with E-state index < -0.39 is 12.1 Å². The van der Waals surface area contributed by atoms with Crippen molar-refractivity contribution in [1.29, 1.82) is 0 Å². The molecule has 186 valence electrons. The highest BCUT2D eigenvalue weighted by atomic mass is 16.6. The largest absolute Gasteiger partial charge is 0.399 e. The molecule has 1 fully saturated rings. The lowest BCUT2D eigenvalue weighted by molar-refractivity contribution is -0.125. The zero-order valence-corrected chi connectivity index (χ0v) is 20.8. The smallest absolute Gasteiger partial charge is 0.255 e. The van der Waals surface area contributed by atoms with E-state index in [1.54, 1.807) is 12.1 Å². The van der Waals surface area contributed by atoms with Crippen LogP contribution in [0.15, 0.2) is 78.0 Å². The summed E-state index contributed by atoms with van der Waals surface area (Å²) in [5.74, 6) is -0.581. The van der Waals surface area contributed by atoms with E-state index in [-0.39, 0.29) is 31.3 Å². The van der Waals surface area contributed by atoms with Gasteiger partial charge in [0.25, 0.3) is 5.91 Å². The maximum atomic E-state index is 13.6. The number of carbonyl (C=O) groups is 2. The Hall–Kier alpha value is -3.97. The molecular formula is C29H31N3O4. The van der Waals surface area contributed by atoms with E-state index >= 15 is 0 Å². The van der Waals surface area contributed by atoms with Gasteiger partial charge in [-0.1, -0.05) is 71.9 Å². The maximum Gasteiger partial charge on any atom is 0.255 e. The Balaban J connectivity index is 1.53. The van der Waals surface area contributed by atoms with Gasteiger partial charge in [-0.15, -0.1) is 0 Å². The summed E-state index contributed by atoms with van der Waals surface area (Å²) in [5.41, 5.74) is 6.00. The lowest BCUT2D eigenvalue weighted by Crippen LogP contribution is -2.47. The molecule has 7 nitrogen and oxygen atoms in total. The molecule has 1 aliphatic rings. The van der Waals surface area contributed by atoms with E-state index in [0.29, 0.717) is 16.8 Å². The first-order chi connectivity index (χ1) is 17.4. The fraction of sp³-hybridized carbons (Fsp3) is 0.276. The van der Waals surface area contributed by atoms with Crippen molar-refractivity contribution in [2.45, 2.75) is 32.4 Å². The Kier molecular flexibility index (Phi) is 7.80. The van der Waals surface area contributed by atoms with Crippen molar-refractivity contribution < 1.29 is 19.5 Å². The van der Waals surface area contributed by atoms with Gasteiger partial charge in [0.05, 0.1) is 18.4 Å². The molecule has 3 aromatic rings. The third kappa shape index (κ3) is 5.47. The van der Waals surface area contributed by atoms with E-state index in [1.807, 2.05) is 55.5 Å². The number of hydrogen-bond donors (Lipinski definition) is 2. The number of hydrogen-bond acceptors (Lipinski definition) is 5. The first-order valence-electron chi connectivity index (χ1n) is 12.0. The van der Waals surface area contributed by atoms with E-state index in [1.165, 1.54) is 12.0 Å². The van der Waals surface area contributed by atoms with Gasteiger partial charge in [-0.25, -0.2) is 0 Å². The zero-order valence-electron chi connectivity index (χ0n) is 20.8. The van der Waals surface area contributed by atoms with Gasteiger partial charge in [0.1, 0.15) is 13.2 Å². The number of benzene rings is 3. The number of nitrogens with one attached hydrogen (secondary N) is 1. The minimum atomic E-state index is -0.843. The quantitative estimate of drug-likeness (QED) is 0.494. The molecule has 1 aliphatic heterocycles. The Morgan fingerprint density at radius 3 is 2.47 bits per heavy atom. The number of aryl methyl sites for hydroxylation is 2. The average molecular weight is 486 g/mol. The number of nitrogens with zero attached hydrogens (tertiary/aromatic N) is 2. The van der Waals surface area contributed by atoms with Gasteiger partial charge >= 0.3 is 0 Å². The molecule has 0 saturated carbocycles. The highest BCUT2D eigenvalue weighted by Crippen LogP contribution is 2.27. The second kappa shape index (κ2) is 11.2. The summed E-state index contributed by atoms with van der Waals surface area (Å²) in [6.07, 6.45) is -0.572.